The number of fused-ring (bicyclic) bond motifs is 1. The Bertz CT molecular complexity index is 1530. The van der Waals surface area contributed by atoms with Crippen LogP contribution < -0.4 is 0 Å². The second kappa shape index (κ2) is 8.84. The second-order valence-electron chi connectivity index (χ2n) is 8.41. The molecule has 0 aliphatic carbocycles. The number of hydrogen-bond donors (Lipinski definition) is 1. The second-order valence-corrected chi connectivity index (χ2v) is 9.14. The quantitative estimate of drug-likeness (QED) is 0.285. The summed E-state index contributed by atoms with van der Waals surface area (Å²) >= 11 is 13.5. The lowest BCUT2D eigenvalue weighted by Gasteiger charge is -2.18. The number of imidazole rings is 1. The van der Waals surface area contributed by atoms with E-state index < -0.39 is 6.10 Å². The molecule has 0 aliphatic rings. The molecule has 3 heterocycles. The van der Waals surface area contributed by atoms with Gasteiger partial charge in [-0.3, -0.25) is 4.98 Å². The summed E-state index contributed by atoms with van der Waals surface area (Å²) in [5.74, 6) is 0. The molecule has 1 N–H and O–H groups in total. The number of rotatable bonds is 4. The number of hydrogen-bond acceptors (Lipinski definition) is 4. The SMILES string of the molecule is Cc1ccc(C(O)c2cc(C)c3nc(Cl)c(-c4ccccc4)c(Cl)c3c2)c(-c2cn(C)cn2)n1. The number of pyridine rings is 2. The highest BCUT2D eigenvalue weighted by molar-refractivity contribution is 6.42. The Kier molecular flexibility index (Phi) is 5.86. The molecule has 5 nitrogen and oxygen atoms in total. The van der Waals surface area contributed by atoms with E-state index in [0.29, 0.717) is 43.8 Å². The molecular weight excluding hydrogens is 467 g/mol. The summed E-state index contributed by atoms with van der Waals surface area (Å²) in [5.41, 5.74) is 6.70. The standard InChI is InChI=1S/C27H22Cl2N4O/c1-15-11-18(26(34)19-10-9-16(2)31-25(19)21-13-33(3)14-30-21)12-20-23(28)22(27(29)32-24(15)20)17-7-5-4-6-8-17/h4-14,26,34H,1-3H3. The van der Waals surface area contributed by atoms with Crippen LogP contribution in [0.4, 0.5) is 0 Å². The van der Waals surface area contributed by atoms with Gasteiger partial charge in [-0.05, 0) is 42.7 Å². The topological polar surface area (TPSA) is 63.8 Å². The first-order valence-corrected chi connectivity index (χ1v) is 11.6. The maximum absolute atomic E-state index is 11.5. The van der Waals surface area contributed by atoms with Crippen LogP contribution in [0.3, 0.4) is 0 Å². The fourth-order valence-electron chi connectivity index (χ4n) is 4.22. The van der Waals surface area contributed by atoms with Crippen LogP contribution in [0.25, 0.3) is 33.4 Å². The molecule has 0 fully saturated rings. The van der Waals surface area contributed by atoms with Gasteiger partial charge in [0.1, 0.15) is 17.0 Å². The van der Waals surface area contributed by atoms with Gasteiger partial charge in [0.05, 0.1) is 22.6 Å². The predicted molar refractivity (Wildman–Crippen MR) is 137 cm³/mol. The molecule has 7 heteroatoms. The van der Waals surface area contributed by atoms with Gasteiger partial charge < -0.3 is 9.67 Å². The molecule has 0 bridgehead atoms. The summed E-state index contributed by atoms with van der Waals surface area (Å²) < 4.78 is 1.86. The van der Waals surface area contributed by atoms with Crippen LogP contribution in [0.2, 0.25) is 10.2 Å². The molecule has 34 heavy (non-hydrogen) atoms. The normalized spacial score (nSPS) is 12.3. The van der Waals surface area contributed by atoms with Crippen LogP contribution in [0, 0.1) is 13.8 Å². The van der Waals surface area contributed by atoms with Gasteiger partial charge in [0.25, 0.3) is 0 Å². The lowest BCUT2D eigenvalue weighted by molar-refractivity contribution is 0.220. The van der Waals surface area contributed by atoms with Crippen molar-refractivity contribution in [3.63, 3.8) is 0 Å². The van der Waals surface area contributed by atoms with E-state index in [1.807, 2.05) is 86.3 Å². The Labute approximate surface area is 207 Å². The summed E-state index contributed by atoms with van der Waals surface area (Å²) in [6.07, 6.45) is 2.68. The summed E-state index contributed by atoms with van der Waals surface area (Å²) in [7, 11) is 1.90. The van der Waals surface area contributed by atoms with Gasteiger partial charge in [-0.1, -0.05) is 65.7 Å². The van der Waals surface area contributed by atoms with E-state index in [4.69, 9.17) is 23.2 Å². The van der Waals surface area contributed by atoms with Gasteiger partial charge in [0, 0.05) is 35.5 Å². The minimum absolute atomic E-state index is 0.347. The molecule has 0 aliphatic heterocycles. The van der Waals surface area contributed by atoms with Crippen LogP contribution >= 0.6 is 23.2 Å². The van der Waals surface area contributed by atoms with E-state index in [0.717, 1.165) is 22.2 Å². The monoisotopic (exact) mass is 488 g/mol. The molecular formula is C27H22Cl2N4O. The zero-order chi connectivity index (χ0) is 24.0. The van der Waals surface area contributed by atoms with Crippen LogP contribution in [-0.4, -0.2) is 24.6 Å². The highest BCUT2D eigenvalue weighted by atomic mass is 35.5. The van der Waals surface area contributed by atoms with Crippen molar-refractivity contribution in [2.75, 3.05) is 0 Å². The molecule has 2 aromatic carbocycles. The van der Waals surface area contributed by atoms with E-state index in [1.54, 1.807) is 6.33 Å². The van der Waals surface area contributed by atoms with Crippen LogP contribution in [0.1, 0.15) is 28.5 Å². The first kappa shape index (κ1) is 22.5. The third kappa shape index (κ3) is 3.96. The third-order valence-electron chi connectivity index (χ3n) is 5.88. The molecule has 3 aromatic heterocycles. The molecule has 5 aromatic rings. The average molecular weight is 489 g/mol. The van der Waals surface area contributed by atoms with E-state index in [-0.39, 0.29) is 0 Å². The van der Waals surface area contributed by atoms with Crippen LogP contribution in [0.5, 0.6) is 0 Å². The minimum atomic E-state index is -0.930. The Morgan fingerprint density at radius 3 is 2.44 bits per heavy atom. The van der Waals surface area contributed by atoms with E-state index in [1.165, 1.54) is 0 Å². The fourth-order valence-corrected chi connectivity index (χ4v) is 4.90. The molecule has 170 valence electrons. The summed E-state index contributed by atoms with van der Waals surface area (Å²) in [6, 6.07) is 17.3. The zero-order valence-corrected chi connectivity index (χ0v) is 20.4. The molecule has 1 atom stereocenters. The van der Waals surface area contributed by atoms with E-state index >= 15 is 0 Å². The summed E-state index contributed by atoms with van der Waals surface area (Å²) in [4.78, 5) is 13.8. The van der Waals surface area contributed by atoms with Crippen molar-refractivity contribution >= 4 is 34.1 Å². The van der Waals surface area contributed by atoms with Crippen molar-refractivity contribution in [3.05, 3.63) is 99.7 Å². The maximum atomic E-state index is 11.5. The van der Waals surface area contributed by atoms with Crippen molar-refractivity contribution in [2.24, 2.45) is 7.05 Å². The summed E-state index contributed by atoms with van der Waals surface area (Å²) in [5, 5.41) is 13.1. The smallest absolute Gasteiger partial charge is 0.139 e. The van der Waals surface area contributed by atoms with Crippen LogP contribution in [0.15, 0.2) is 67.1 Å². The minimum Gasteiger partial charge on any atom is -0.384 e. The molecule has 0 saturated heterocycles. The molecule has 0 amide bonds. The van der Waals surface area contributed by atoms with Gasteiger partial charge in [0.2, 0.25) is 0 Å². The molecule has 0 spiro atoms. The van der Waals surface area contributed by atoms with Crippen molar-refractivity contribution in [3.8, 4) is 22.5 Å². The highest BCUT2D eigenvalue weighted by Crippen LogP contribution is 2.41. The van der Waals surface area contributed by atoms with Gasteiger partial charge >= 0.3 is 0 Å². The lowest BCUT2D eigenvalue weighted by Crippen LogP contribution is -2.05. The molecule has 0 saturated carbocycles. The van der Waals surface area contributed by atoms with Crippen molar-refractivity contribution in [2.45, 2.75) is 20.0 Å². The van der Waals surface area contributed by atoms with Crippen molar-refractivity contribution in [1.82, 2.24) is 19.5 Å². The van der Waals surface area contributed by atoms with E-state index in [9.17, 15) is 5.11 Å². The van der Waals surface area contributed by atoms with Crippen molar-refractivity contribution < 1.29 is 5.11 Å². The number of aryl methyl sites for hydroxylation is 3. The molecule has 1 unspecified atom stereocenters. The maximum Gasteiger partial charge on any atom is 0.139 e. The number of halogens is 2. The highest BCUT2D eigenvalue weighted by Gasteiger charge is 2.22. The molecule has 5 rings (SSSR count). The van der Waals surface area contributed by atoms with Gasteiger partial charge in [-0.2, -0.15) is 0 Å². The zero-order valence-electron chi connectivity index (χ0n) is 18.9. The number of aliphatic hydroxyl groups is 1. The largest absolute Gasteiger partial charge is 0.384 e. The first-order chi connectivity index (χ1) is 16.3. The van der Waals surface area contributed by atoms with Crippen molar-refractivity contribution in [1.29, 1.82) is 0 Å². The van der Waals surface area contributed by atoms with E-state index in [2.05, 4.69) is 15.0 Å². The predicted octanol–water partition coefficient (Wildman–Crippen LogP) is 6.70. The van der Waals surface area contributed by atoms with Gasteiger partial charge in [0.15, 0.2) is 0 Å². The fraction of sp³-hybridized carbons (Fsp3) is 0.148. The third-order valence-corrected chi connectivity index (χ3v) is 6.55. The number of aliphatic hydroxyl groups excluding tert-OH is 1. The Morgan fingerprint density at radius 1 is 0.971 bits per heavy atom. The van der Waals surface area contributed by atoms with Crippen LogP contribution in [-0.2, 0) is 7.05 Å². The Balaban J connectivity index is 1.68. The number of benzene rings is 2. The number of aromatic nitrogens is 4. The average Bonchev–Trinajstić information content (AvgIpc) is 3.26. The summed E-state index contributed by atoms with van der Waals surface area (Å²) in [6.45, 7) is 3.86. The Morgan fingerprint density at radius 2 is 1.74 bits per heavy atom. The van der Waals surface area contributed by atoms with Gasteiger partial charge in [-0.25, -0.2) is 9.97 Å². The van der Waals surface area contributed by atoms with Gasteiger partial charge in [-0.15, -0.1) is 0 Å². The molecule has 0 radical (unpaired) electrons. The lowest BCUT2D eigenvalue weighted by atomic mass is 9.94. The Hall–Kier alpha value is -3.25. The first-order valence-electron chi connectivity index (χ1n) is 10.8. The number of nitrogens with zero attached hydrogens (tertiary/aromatic N) is 4.